The van der Waals surface area contributed by atoms with Crippen molar-refractivity contribution >= 4 is 11.7 Å². The molecule has 0 amide bonds. The Hall–Kier alpha value is -1.56. The van der Waals surface area contributed by atoms with Gasteiger partial charge >= 0.3 is 5.97 Å². The second-order valence-electron chi connectivity index (χ2n) is 4.97. The summed E-state index contributed by atoms with van der Waals surface area (Å²) in [6, 6.07) is 0. The van der Waals surface area contributed by atoms with Gasteiger partial charge in [0.05, 0.1) is 24.6 Å². The van der Waals surface area contributed by atoms with Gasteiger partial charge in [-0.15, -0.1) is 0 Å². The third kappa shape index (κ3) is 2.58. The first kappa shape index (κ1) is 13.9. The first-order valence-corrected chi connectivity index (χ1v) is 6.52. The van der Waals surface area contributed by atoms with E-state index in [1.807, 2.05) is 0 Å². The number of aryl methyl sites for hydroxylation is 1. The summed E-state index contributed by atoms with van der Waals surface area (Å²) in [6.45, 7) is 0. The average molecular weight is 267 g/mol. The maximum atomic E-state index is 11.7. The van der Waals surface area contributed by atoms with Crippen LogP contribution in [0.4, 0.5) is 5.69 Å². The van der Waals surface area contributed by atoms with Crippen LogP contribution in [-0.4, -0.2) is 36.1 Å². The van der Waals surface area contributed by atoms with Crippen LogP contribution >= 0.6 is 0 Å². The topological polar surface area (TPSA) is 79.4 Å². The van der Waals surface area contributed by atoms with Crippen molar-refractivity contribution in [3.63, 3.8) is 0 Å². The third-order valence-electron chi connectivity index (χ3n) is 3.89. The number of hydrogen-bond acceptors (Lipinski definition) is 5. The fourth-order valence-electron chi connectivity index (χ4n) is 2.77. The molecule has 2 rings (SSSR count). The van der Waals surface area contributed by atoms with E-state index in [2.05, 4.69) is 5.10 Å². The van der Waals surface area contributed by atoms with Crippen LogP contribution in [0.15, 0.2) is 0 Å². The highest BCUT2D eigenvalue weighted by Crippen LogP contribution is 2.36. The van der Waals surface area contributed by atoms with Crippen molar-refractivity contribution in [3.8, 4) is 0 Å². The number of ether oxygens (including phenoxy) is 2. The normalized spacial score (nSPS) is 23.3. The van der Waals surface area contributed by atoms with Gasteiger partial charge in [-0.2, -0.15) is 5.10 Å². The smallest absolute Gasteiger partial charge is 0.358 e. The second kappa shape index (κ2) is 5.61. The van der Waals surface area contributed by atoms with Crippen LogP contribution < -0.4 is 5.73 Å². The Kier molecular flexibility index (Phi) is 4.09. The lowest BCUT2D eigenvalue weighted by molar-refractivity contribution is 0.0589. The summed E-state index contributed by atoms with van der Waals surface area (Å²) in [6.07, 6.45) is 4.32. The number of carbonyl (C=O) groups excluding carboxylic acids is 1. The molecule has 6 heteroatoms. The molecule has 0 spiro atoms. The summed E-state index contributed by atoms with van der Waals surface area (Å²) in [7, 11) is 4.81. The molecule has 2 N–H and O–H groups in total. The number of nitrogen functional groups attached to an aromatic ring is 1. The summed E-state index contributed by atoms with van der Waals surface area (Å²) < 4.78 is 11.6. The highest BCUT2D eigenvalue weighted by Gasteiger charge is 2.29. The highest BCUT2D eigenvalue weighted by atomic mass is 16.5. The standard InChI is InChI=1S/C13H21N3O3/c1-16-12(13(17)19-3)10(14)11(15-16)8-4-6-9(18-2)7-5-8/h8-9H,4-7,14H2,1-3H3/t8-,9+. The van der Waals surface area contributed by atoms with Gasteiger partial charge in [0.2, 0.25) is 0 Å². The molecule has 0 bridgehead atoms. The van der Waals surface area contributed by atoms with Gasteiger partial charge in [-0.05, 0) is 25.7 Å². The van der Waals surface area contributed by atoms with E-state index in [1.54, 1.807) is 14.2 Å². The SMILES string of the molecule is COC(=O)c1c(N)c([C@H]2CC[C@@H](OC)CC2)nn1C. The van der Waals surface area contributed by atoms with Crippen molar-refractivity contribution in [2.75, 3.05) is 20.0 Å². The van der Waals surface area contributed by atoms with Crippen molar-refractivity contribution in [1.82, 2.24) is 9.78 Å². The number of carbonyl (C=O) groups is 1. The molecule has 1 heterocycles. The van der Waals surface area contributed by atoms with Crippen molar-refractivity contribution in [2.24, 2.45) is 7.05 Å². The zero-order valence-corrected chi connectivity index (χ0v) is 11.7. The van der Waals surface area contributed by atoms with Crippen LogP contribution in [0.1, 0.15) is 47.8 Å². The Bertz CT molecular complexity index is 462. The largest absolute Gasteiger partial charge is 0.464 e. The number of nitrogens with two attached hydrogens (primary N) is 1. The zero-order chi connectivity index (χ0) is 14.0. The molecular weight excluding hydrogens is 246 g/mol. The van der Waals surface area contributed by atoms with Crippen molar-refractivity contribution < 1.29 is 14.3 Å². The van der Waals surface area contributed by atoms with Gasteiger partial charge < -0.3 is 15.2 Å². The van der Waals surface area contributed by atoms with Crippen molar-refractivity contribution in [3.05, 3.63) is 11.4 Å². The van der Waals surface area contributed by atoms with Crippen LogP contribution in [0.2, 0.25) is 0 Å². The third-order valence-corrected chi connectivity index (χ3v) is 3.89. The fraction of sp³-hybridized carbons (Fsp3) is 0.692. The van der Waals surface area contributed by atoms with E-state index in [9.17, 15) is 4.79 Å². The maximum absolute atomic E-state index is 11.7. The van der Waals surface area contributed by atoms with Gasteiger partial charge in [-0.25, -0.2) is 4.79 Å². The number of hydrogen-bond donors (Lipinski definition) is 1. The van der Waals surface area contributed by atoms with E-state index in [-0.39, 0.29) is 0 Å². The molecule has 0 radical (unpaired) electrons. The molecule has 0 aliphatic heterocycles. The summed E-state index contributed by atoms with van der Waals surface area (Å²) in [5.41, 5.74) is 7.67. The number of esters is 1. The lowest BCUT2D eigenvalue weighted by Crippen LogP contribution is -2.20. The summed E-state index contributed by atoms with van der Waals surface area (Å²) in [4.78, 5) is 11.7. The molecule has 6 nitrogen and oxygen atoms in total. The predicted octanol–water partition coefficient (Wildman–Crippen LogP) is 1.46. The molecule has 1 fully saturated rings. The average Bonchev–Trinajstić information content (AvgIpc) is 2.73. The van der Waals surface area contributed by atoms with E-state index in [4.69, 9.17) is 15.2 Å². The summed E-state index contributed by atoms with van der Waals surface area (Å²) in [5, 5.41) is 4.40. The van der Waals surface area contributed by atoms with E-state index in [0.717, 1.165) is 31.4 Å². The van der Waals surface area contributed by atoms with Gasteiger partial charge in [-0.1, -0.05) is 0 Å². The minimum absolute atomic E-state index is 0.302. The molecule has 0 saturated heterocycles. The number of nitrogens with zero attached hydrogens (tertiary/aromatic N) is 2. The minimum Gasteiger partial charge on any atom is -0.464 e. The van der Waals surface area contributed by atoms with E-state index < -0.39 is 5.97 Å². The molecular formula is C13H21N3O3. The van der Waals surface area contributed by atoms with E-state index in [0.29, 0.717) is 23.4 Å². The van der Waals surface area contributed by atoms with Crippen LogP contribution in [0.5, 0.6) is 0 Å². The van der Waals surface area contributed by atoms with Gasteiger partial charge in [0.1, 0.15) is 0 Å². The number of methoxy groups -OCH3 is 2. The number of rotatable bonds is 3. The Morgan fingerprint density at radius 2 is 1.95 bits per heavy atom. The van der Waals surface area contributed by atoms with Crippen LogP contribution in [0.3, 0.4) is 0 Å². The van der Waals surface area contributed by atoms with Gasteiger partial charge in [-0.3, -0.25) is 4.68 Å². The Morgan fingerprint density at radius 1 is 1.32 bits per heavy atom. The van der Waals surface area contributed by atoms with Crippen LogP contribution in [0, 0.1) is 0 Å². The highest BCUT2D eigenvalue weighted by molar-refractivity contribution is 5.93. The van der Waals surface area contributed by atoms with Gasteiger partial charge in [0, 0.05) is 20.1 Å². The second-order valence-corrected chi connectivity index (χ2v) is 4.97. The molecule has 1 saturated carbocycles. The monoisotopic (exact) mass is 267 g/mol. The maximum Gasteiger partial charge on any atom is 0.358 e. The summed E-state index contributed by atoms with van der Waals surface area (Å²) in [5.74, 6) is -0.139. The quantitative estimate of drug-likeness (QED) is 0.839. The first-order chi connectivity index (χ1) is 9.08. The fourth-order valence-corrected chi connectivity index (χ4v) is 2.77. The number of aromatic nitrogens is 2. The van der Waals surface area contributed by atoms with Gasteiger partial charge in [0.25, 0.3) is 0 Å². The minimum atomic E-state index is -0.440. The lowest BCUT2D eigenvalue weighted by Gasteiger charge is -2.26. The molecule has 19 heavy (non-hydrogen) atoms. The van der Waals surface area contributed by atoms with Crippen LogP contribution in [-0.2, 0) is 16.5 Å². The Morgan fingerprint density at radius 3 is 2.47 bits per heavy atom. The van der Waals surface area contributed by atoms with E-state index >= 15 is 0 Å². The van der Waals surface area contributed by atoms with E-state index in [1.165, 1.54) is 11.8 Å². The molecule has 1 aromatic rings. The Balaban J connectivity index is 2.20. The molecule has 106 valence electrons. The predicted molar refractivity (Wildman–Crippen MR) is 71.0 cm³/mol. The molecule has 1 aliphatic rings. The molecule has 0 atom stereocenters. The lowest BCUT2D eigenvalue weighted by atomic mass is 9.84. The van der Waals surface area contributed by atoms with Crippen molar-refractivity contribution in [2.45, 2.75) is 37.7 Å². The first-order valence-electron chi connectivity index (χ1n) is 6.52. The number of anilines is 1. The molecule has 1 aliphatic carbocycles. The van der Waals surface area contributed by atoms with Crippen LogP contribution in [0.25, 0.3) is 0 Å². The molecule has 1 aromatic heterocycles. The molecule has 0 unspecified atom stereocenters. The summed E-state index contributed by atoms with van der Waals surface area (Å²) >= 11 is 0. The van der Waals surface area contributed by atoms with Crippen molar-refractivity contribution in [1.29, 1.82) is 0 Å². The van der Waals surface area contributed by atoms with Gasteiger partial charge in [0.15, 0.2) is 5.69 Å². The molecule has 0 aromatic carbocycles. The zero-order valence-electron chi connectivity index (χ0n) is 11.7. The Labute approximate surface area is 112 Å².